The second-order valence-corrected chi connectivity index (χ2v) is 15.4. The molecule has 0 saturated carbocycles. The maximum Gasteiger partial charge on any atom is 2.00 e. The van der Waals surface area contributed by atoms with Crippen molar-refractivity contribution in [3.05, 3.63) is 130 Å². The second-order valence-electron chi connectivity index (χ2n) is 15.4. The molecule has 3 heterocycles. The Balaban J connectivity index is 0.00000497. The van der Waals surface area contributed by atoms with Gasteiger partial charge in [-0.3, -0.25) is 4.68 Å². The van der Waals surface area contributed by atoms with Crippen LogP contribution in [0.3, 0.4) is 0 Å². The van der Waals surface area contributed by atoms with Crippen molar-refractivity contribution in [3.8, 4) is 34.1 Å². The van der Waals surface area contributed by atoms with Gasteiger partial charge in [0, 0.05) is 34.5 Å². The number of para-hydroxylation sites is 1. The Hall–Kier alpha value is -4.50. The van der Waals surface area contributed by atoms with Gasteiger partial charge in [-0.2, -0.15) is 11.2 Å². The van der Waals surface area contributed by atoms with E-state index >= 15 is 0 Å². The van der Waals surface area contributed by atoms with Gasteiger partial charge in [0.1, 0.15) is 5.82 Å². The van der Waals surface area contributed by atoms with Crippen molar-refractivity contribution in [3.63, 3.8) is 0 Å². The molecule has 0 aliphatic rings. The number of fused-ring (bicyclic) bond motifs is 3. The summed E-state index contributed by atoms with van der Waals surface area (Å²) in [4.78, 5) is 4.85. The fraction of sp³-hybridized carbons (Fsp3) is 0.333. The predicted molar refractivity (Wildman–Crippen MR) is 220 cm³/mol. The largest absolute Gasteiger partial charge is 2.00 e. The summed E-state index contributed by atoms with van der Waals surface area (Å²) in [5.41, 5.74) is 14.3. The van der Waals surface area contributed by atoms with Gasteiger partial charge in [-0.15, -0.1) is 41.3 Å². The number of nitrogens with zero attached hydrogens (tertiary/aromatic N) is 4. The Kier molecular flexibility index (Phi) is 12.0. The smallest absolute Gasteiger partial charge is 0.509 e. The zero-order valence-electron chi connectivity index (χ0n) is 33.2. The number of aryl methyl sites for hydroxylation is 4. The molecule has 4 aromatic carbocycles. The minimum absolute atomic E-state index is 0. The second kappa shape index (κ2) is 16.5. The van der Waals surface area contributed by atoms with E-state index in [-0.39, 0.29) is 26.3 Å². The summed E-state index contributed by atoms with van der Waals surface area (Å²) >= 11 is 0. The molecule has 0 spiro atoms. The molecule has 0 aliphatic carbocycles. The molecular formula is C48H52N4OPd. The molecule has 0 saturated heterocycles. The Morgan fingerprint density at radius 2 is 1.50 bits per heavy atom. The maximum atomic E-state index is 6.74. The molecule has 0 unspecified atom stereocenters. The van der Waals surface area contributed by atoms with Crippen LogP contribution in [0.25, 0.3) is 44.4 Å². The minimum atomic E-state index is 0. The van der Waals surface area contributed by atoms with E-state index in [1.54, 1.807) is 0 Å². The van der Waals surface area contributed by atoms with Gasteiger partial charge in [0.25, 0.3) is 0 Å². The van der Waals surface area contributed by atoms with Crippen LogP contribution < -0.4 is 4.74 Å². The fourth-order valence-electron chi connectivity index (χ4n) is 7.97. The van der Waals surface area contributed by atoms with Crippen LogP contribution >= 0.6 is 0 Å². The molecule has 0 atom stereocenters. The number of ether oxygens (including phenoxy) is 1. The van der Waals surface area contributed by atoms with E-state index in [0.717, 1.165) is 71.1 Å². The first-order valence-electron chi connectivity index (χ1n) is 19.4. The average molecular weight is 807 g/mol. The standard InChI is InChI=1S/C48H52N4O.Pd/c1-10-14-42-48(47-33(8)23-32(7)24-34(47)9)44(15-11-2)52(50-42)37-26-36(31(5)6)27-39(28-37)53-38-18-19-41-40-16-12-13-17-43(40)51(45(41)29-38)46-25-35(20-21-49-46)22-30(3)4;/h12-13,16-21,23-27,30-31H,10-11,14-15,22H2,1-9H3;/q-2;+2. The zero-order valence-corrected chi connectivity index (χ0v) is 34.8. The van der Waals surface area contributed by atoms with Gasteiger partial charge < -0.3 is 9.30 Å². The first-order valence-corrected chi connectivity index (χ1v) is 19.4. The summed E-state index contributed by atoms with van der Waals surface area (Å²) in [5, 5.41) is 7.64. The summed E-state index contributed by atoms with van der Waals surface area (Å²) in [6, 6.07) is 33.3. The van der Waals surface area contributed by atoms with Crippen molar-refractivity contribution in [2.24, 2.45) is 5.92 Å². The van der Waals surface area contributed by atoms with Crippen molar-refractivity contribution in [1.29, 1.82) is 0 Å². The molecule has 0 bridgehead atoms. The van der Waals surface area contributed by atoms with Crippen molar-refractivity contribution in [2.75, 3.05) is 0 Å². The van der Waals surface area contributed by atoms with Crippen LogP contribution in [-0.2, 0) is 39.7 Å². The molecule has 0 fully saturated rings. The van der Waals surface area contributed by atoms with E-state index in [2.05, 4.69) is 150 Å². The molecule has 7 rings (SSSR count). The molecule has 0 amide bonds. The molecule has 280 valence electrons. The van der Waals surface area contributed by atoms with Gasteiger partial charge in [0.05, 0.1) is 5.69 Å². The van der Waals surface area contributed by atoms with Crippen molar-refractivity contribution >= 4 is 21.8 Å². The van der Waals surface area contributed by atoms with Gasteiger partial charge in [-0.25, -0.2) is 4.98 Å². The van der Waals surface area contributed by atoms with E-state index in [1.165, 1.54) is 44.6 Å². The third kappa shape index (κ3) is 7.70. The predicted octanol–water partition coefficient (Wildman–Crippen LogP) is 12.6. The van der Waals surface area contributed by atoms with Crippen LogP contribution in [0, 0.1) is 38.8 Å². The Bertz CT molecular complexity index is 2410. The van der Waals surface area contributed by atoms with E-state index < -0.39 is 0 Å². The maximum absolute atomic E-state index is 6.74. The van der Waals surface area contributed by atoms with Crippen LogP contribution in [-0.4, -0.2) is 19.3 Å². The normalized spacial score (nSPS) is 11.6. The molecule has 0 aliphatic heterocycles. The number of hydrogen-bond donors (Lipinski definition) is 0. The molecule has 6 heteroatoms. The van der Waals surface area contributed by atoms with Crippen LogP contribution in [0.2, 0.25) is 0 Å². The molecule has 54 heavy (non-hydrogen) atoms. The van der Waals surface area contributed by atoms with Crippen LogP contribution in [0.15, 0.2) is 79.0 Å². The summed E-state index contributed by atoms with van der Waals surface area (Å²) in [6.07, 6.45) is 6.78. The quantitative estimate of drug-likeness (QED) is 0.0912. The zero-order chi connectivity index (χ0) is 37.4. The van der Waals surface area contributed by atoms with Gasteiger partial charge in [0.2, 0.25) is 0 Å². The Labute approximate surface area is 335 Å². The number of benzene rings is 4. The van der Waals surface area contributed by atoms with Crippen molar-refractivity contribution in [2.45, 2.75) is 100 Å². The molecule has 3 aromatic heterocycles. The minimum Gasteiger partial charge on any atom is -0.509 e. The first kappa shape index (κ1) is 39.2. The van der Waals surface area contributed by atoms with Crippen LogP contribution in [0.4, 0.5) is 0 Å². The van der Waals surface area contributed by atoms with E-state index in [0.29, 0.717) is 17.4 Å². The summed E-state index contributed by atoms with van der Waals surface area (Å²) in [6.45, 7) is 20.1. The van der Waals surface area contributed by atoms with Crippen molar-refractivity contribution in [1.82, 2.24) is 19.3 Å². The topological polar surface area (TPSA) is 44.9 Å². The first-order chi connectivity index (χ1) is 25.6. The molecule has 5 nitrogen and oxygen atoms in total. The van der Waals surface area contributed by atoms with Crippen LogP contribution in [0.1, 0.15) is 99.5 Å². The Morgan fingerprint density at radius 1 is 0.759 bits per heavy atom. The van der Waals surface area contributed by atoms with Gasteiger partial charge in [-0.05, 0) is 103 Å². The van der Waals surface area contributed by atoms with Gasteiger partial charge in [-0.1, -0.05) is 95.8 Å². The molecule has 7 aromatic rings. The molecule has 0 N–H and O–H groups in total. The number of aromatic nitrogens is 4. The SMILES string of the molecule is CCCc1nn(-c2[c-]c(Oc3[c-]c4c(cc3)c3ccccc3n4-c3cc(CC(C)C)ccn3)cc(C(C)C)c2)c(CCC)c1-c1c(C)cc(C)cc1C.[Pd+2]. The van der Waals surface area contributed by atoms with E-state index in [4.69, 9.17) is 14.8 Å². The van der Waals surface area contributed by atoms with Gasteiger partial charge in [0.15, 0.2) is 0 Å². The molecular weight excluding hydrogens is 755 g/mol. The summed E-state index contributed by atoms with van der Waals surface area (Å²) in [7, 11) is 0. The van der Waals surface area contributed by atoms with Crippen molar-refractivity contribution < 1.29 is 25.2 Å². The third-order valence-corrected chi connectivity index (χ3v) is 10.2. The van der Waals surface area contributed by atoms with Gasteiger partial charge >= 0.3 is 20.4 Å². The Morgan fingerprint density at radius 3 is 2.20 bits per heavy atom. The number of rotatable bonds is 12. The van der Waals surface area contributed by atoms with E-state index in [9.17, 15) is 0 Å². The summed E-state index contributed by atoms with van der Waals surface area (Å²) < 4.78 is 11.1. The third-order valence-electron chi connectivity index (χ3n) is 10.2. The van der Waals surface area contributed by atoms with Crippen LogP contribution in [0.5, 0.6) is 11.5 Å². The van der Waals surface area contributed by atoms with E-state index in [1.807, 2.05) is 12.3 Å². The number of pyridine rings is 1. The molecule has 0 radical (unpaired) electrons. The number of hydrogen-bond acceptors (Lipinski definition) is 3. The summed E-state index contributed by atoms with van der Waals surface area (Å²) in [5.74, 6) is 3.01. The fourth-order valence-corrected chi connectivity index (χ4v) is 7.97. The average Bonchev–Trinajstić information content (AvgIpc) is 3.63. The monoisotopic (exact) mass is 806 g/mol.